The number of urea groups is 1. The number of carbonyl (C=O) groups is 1. The van der Waals surface area contributed by atoms with Gasteiger partial charge in [-0.25, -0.2) is 9.18 Å². The molecule has 0 aliphatic carbocycles. The predicted octanol–water partition coefficient (Wildman–Crippen LogP) is 2.93. The second-order valence-corrected chi connectivity index (χ2v) is 7.26. The number of nitrogens with one attached hydrogen (secondary N) is 1. The molecule has 1 aliphatic heterocycles. The average molecular weight is 370 g/mol. The monoisotopic (exact) mass is 370 g/mol. The van der Waals surface area contributed by atoms with Crippen molar-refractivity contribution >= 4 is 6.03 Å². The van der Waals surface area contributed by atoms with Crippen LogP contribution in [0.2, 0.25) is 0 Å². The van der Waals surface area contributed by atoms with Crippen molar-refractivity contribution < 1.29 is 9.18 Å². The third-order valence-corrected chi connectivity index (χ3v) is 5.00. The van der Waals surface area contributed by atoms with Crippen LogP contribution < -0.4 is 5.32 Å². The molecule has 3 rings (SSSR count). The van der Waals surface area contributed by atoms with Gasteiger partial charge in [0.1, 0.15) is 5.82 Å². The molecule has 1 N–H and O–H groups in total. The van der Waals surface area contributed by atoms with E-state index in [4.69, 9.17) is 0 Å². The highest BCUT2D eigenvalue weighted by atomic mass is 19.1. The smallest absolute Gasteiger partial charge is 0.317 e. The van der Waals surface area contributed by atoms with Gasteiger partial charge in [0, 0.05) is 38.6 Å². The third-order valence-electron chi connectivity index (χ3n) is 5.00. The Bertz CT molecular complexity index is 723. The highest BCUT2D eigenvalue weighted by Gasteiger charge is 2.21. The number of rotatable bonds is 7. The molecule has 0 unspecified atom stereocenters. The molecule has 1 aromatic carbocycles. The lowest BCUT2D eigenvalue weighted by Gasteiger charge is -2.24. The zero-order chi connectivity index (χ0) is 19.1. The van der Waals surface area contributed by atoms with E-state index in [0.717, 1.165) is 30.6 Å². The maximum atomic E-state index is 13.1. The highest BCUT2D eigenvalue weighted by molar-refractivity contribution is 5.74. The first-order valence-electron chi connectivity index (χ1n) is 9.45. The second kappa shape index (κ2) is 9.46. The summed E-state index contributed by atoms with van der Waals surface area (Å²) >= 11 is 0. The molecule has 1 saturated heterocycles. The van der Waals surface area contributed by atoms with E-state index in [2.05, 4.69) is 22.2 Å². The molecule has 0 bridgehead atoms. The maximum Gasteiger partial charge on any atom is 0.317 e. The Kier molecular flexibility index (Phi) is 6.76. The molecule has 27 heavy (non-hydrogen) atoms. The van der Waals surface area contributed by atoms with Gasteiger partial charge in [-0.3, -0.25) is 4.98 Å². The fourth-order valence-electron chi connectivity index (χ4n) is 3.42. The summed E-state index contributed by atoms with van der Waals surface area (Å²) in [6.45, 7) is 3.88. The summed E-state index contributed by atoms with van der Waals surface area (Å²) in [5.74, 6) is 0.265. The molecular formula is C21H27FN4O. The average Bonchev–Trinajstić information content (AvgIpc) is 3.10. The number of aromatic nitrogens is 1. The van der Waals surface area contributed by atoms with Gasteiger partial charge in [0.15, 0.2) is 0 Å². The first-order chi connectivity index (χ1) is 13.1. The first kappa shape index (κ1) is 19.3. The lowest BCUT2D eigenvalue weighted by Crippen LogP contribution is -2.42. The summed E-state index contributed by atoms with van der Waals surface area (Å²) in [7, 11) is 2.11. The molecule has 1 aliphatic rings. The van der Waals surface area contributed by atoms with Gasteiger partial charge in [0.25, 0.3) is 0 Å². The fraction of sp³-hybridized carbons (Fsp3) is 0.429. The number of amides is 2. The van der Waals surface area contributed by atoms with E-state index in [1.807, 2.05) is 12.1 Å². The molecule has 6 heteroatoms. The fourth-order valence-corrected chi connectivity index (χ4v) is 3.42. The minimum Gasteiger partial charge on any atom is -0.338 e. The Morgan fingerprint density at radius 1 is 1.30 bits per heavy atom. The summed E-state index contributed by atoms with van der Waals surface area (Å²) in [6.07, 6.45) is 5.31. The number of hydrogen-bond acceptors (Lipinski definition) is 3. The molecule has 2 amide bonds. The van der Waals surface area contributed by atoms with Gasteiger partial charge in [-0.15, -0.1) is 0 Å². The van der Waals surface area contributed by atoms with Gasteiger partial charge in [-0.1, -0.05) is 18.2 Å². The molecule has 5 nitrogen and oxygen atoms in total. The number of halogens is 1. The van der Waals surface area contributed by atoms with Gasteiger partial charge in [-0.2, -0.15) is 0 Å². The van der Waals surface area contributed by atoms with Crippen LogP contribution in [0.1, 0.15) is 17.5 Å². The van der Waals surface area contributed by atoms with Crippen molar-refractivity contribution in [1.29, 1.82) is 0 Å². The molecule has 2 heterocycles. The van der Waals surface area contributed by atoms with E-state index in [1.54, 1.807) is 29.4 Å². The third kappa shape index (κ3) is 6.03. The van der Waals surface area contributed by atoms with Gasteiger partial charge in [0.2, 0.25) is 0 Å². The summed E-state index contributed by atoms with van der Waals surface area (Å²) < 4.78 is 13.1. The van der Waals surface area contributed by atoms with E-state index in [1.165, 1.54) is 12.1 Å². The van der Waals surface area contributed by atoms with Crippen LogP contribution in [0.25, 0.3) is 0 Å². The van der Waals surface area contributed by atoms with E-state index < -0.39 is 0 Å². The van der Waals surface area contributed by atoms with Gasteiger partial charge >= 0.3 is 6.03 Å². The Morgan fingerprint density at radius 3 is 2.78 bits per heavy atom. The maximum absolute atomic E-state index is 13.1. The van der Waals surface area contributed by atoms with Crippen LogP contribution in [-0.4, -0.2) is 54.0 Å². The second-order valence-electron chi connectivity index (χ2n) is 7.26. The number of hydrogen-bond donors (Lipinski definition) is 1. The van der Waals surface area contributed by atoms with Crippen molar-refractivity contribution in [3.63, 3.8) is 0 Å². The molecule has 0 spiro atoms. The van der Waals surface area contributed by atoms with E-state index in [0.29, 0.717) is 32.0 Å². The van der Waals surface area contributed by atoms with E-state index in [9.17, 15) is 9.18 Å². The summed E-state index contributed by atoms with van der Waals surface area (Å²) in [5.41, 5.74) is 2.00. The van der Waals surface area contributed by atoms with Crippen LogP contribution in [0.5, 0.6) is 0 Å². The first-order valence-corrected chi connectivity index (χ1v) is 9.45. The molecule has 0 radical (unpaired) electrons. The van der Waals surface area contributed by atoms with Crippen molar-refractivity contribution in [2.45, 2.75) is 19.4 Å². The van der Waals surface area contributed by atoms with Crippen molar-refractivity contribution in [3.8, 4) is 0 Å². The Hall–Kier alpha value is -2.47. The van der Waals surface area contributed by atoms with Crippen LogP contribution in [-0.2, 0) is 13.0 Å². The largest absolute Gasteiger partial charge is 0.338 e. The molecule has 0 saturated carbocycles. The molecular weight excluding hydrogens is 343 g/mol. The van der Waals surface area contributed by atoms with Gasteiger partial charge in [-0.05, 0) is 61.7 Å². The summed E-state index contributed by atoms with van der Waals surface area (Å²) in [5, 5.41) is 3.09. The van der Waals surface area contributed by atoms with Gasteiger partial charge < -0.3 is 15.1 Å². The van der Waals surface area contributed by atoms with Crippen LogP contribution >= 0.6 is 0 Å². The minimum absolute atomic E-state index is 0.0597. The topological polar surface area (TPSA) is 48.5 Å². The SMILES string of the molecule is CN1CC[C@H](CNC(=O)N(CCc2ccc(F)cc2)Cc2cccnc2)C1. The van der Waals surface area contributed by atoms with Crippen molar-refractivity contribution in [1.82, 2.24) is 20.1 Å². The number of nitrogens with zero attached hydrogens (tertiary/aromatic N) is 3. The van der Waals surface area contributed by atoms with E-state index >= 15 is 0 Å². The normalized spacial score (nSPS) is 17.0. The number of benzene rings is 1. The van der Waals surface area contributed by atoms with Crippen molar-refractivity contribution in [2.75, 3.05) is 33.2 Å². The Morgan fingerprint density at radius 2 is 2.11 bits per heavy atom. The highest BCUT2D eigenvalue weighted by Crippen LogP contribution is 2.13. The van der Waals surface area contributed by atoms with Crippen LogP contribution in [0.15, 0.2) is 48.8 Å². The van der Waals surface area contributed by atoms with Crippen LogP contribution in [0.3, 0.4) is 0 Å². The number of pyridine rings is 1. The summed E-state index contributed by atoms with van der Waals surface area (Å²) in [4.78, 5) is 21.0. The molecule has 2 aromatic rings. The Balaban J connectivity index is 1.59. The quantitative estimate of drug-likeness (QED) is 0.815. The van der Waals surface area contributed by atoms with Gasteiger partial charge in [0.05, 0.1) is 0 Å². The van der Waals surface area contributed by atoms with Crippen LogP contribution in [0, 0.1) is 11.7 Å². The predicted molar refractivity (Wildman–Crippen MR) is 104 cm³/mol. The summed E-state index contributed by atoms with van der Waals surface area (Å²) in [6, 6.07) is 10.2. The van der Waals surface area contributed by atoms with Crippen LogP contribution in [0.4, 0.5) is 9.18 Å². The minimum atomic E-state index is -0.245. The molecule has 1 aromatic heterocycles. The standard InChI is InChI=1S/C21H27FN4O/c1-25-11-8-19(15-25)14-24-21(27)26(16-18-3-2-10-23-13-18)12-9-17-4-6-20(22)7-5-17/h2-7,10,13,19H,8-9,11-12,14-16H2,1H3,(H,24,27)/t19-/m1/s1. The zero-order valence-corrected chi connectivity index (χ0v) is 15.8. The zero-order valence-electron chi connectivity index (χ0n) is 15.8. The molecule has 144 valence electrons. The molecule has 1 atom stereocenters. The van der Waals surface area contributed by atoms with E-state index in [-0.39, 0.29) is 11.8 Å². The van der Waals surface area contributed by atoms with Crippen molar-refractivity contribution in [3.05, 3.63) is 65.7 Å². The lowest BCUT2D eigenvalue weighted by molar-refractivity contribution is 0.194. The number of carbonyl (C=O) groups excluding carboxylic acids is 1. The molecule has 1 fully saturated rings. The number of likely N-dealkylation sites (tertiary alicyclic amines) is 1. The van der Waals surface area contributed by atoms with Crippen molar-refractivity contribution in [2.24, 2.45) is 5.92 Å². The Labute approximate surface area is 160 Å². The lowest BCUT2D eigenvalue weighted by atomic mass is 10.1.